The van der Waals surface area contributed by atoms with E-state index in [9.17, 15) is 15.0 Å². The van der Waals surface area contributed by atoms with Crippen LogP contribution in [0.25, 0.3) is 0 Å². The normalized spacial score (nSPS) is 18.2. The van der Waals surface area contributed by atoms with Crippen molar-refractivity contribution in [3.8, 4) is 11.5 Å². The second kappa shape index (κ2) is 7.08. The van der Waals surface area contributed by atoms with Crippen molar-refractivity contribution in [1.82, 2.24) is 10.2 Å². The first-order valence-corrected chi connectivity index (χ1v) is 7.94. The van der Waals surface area contributed by atoms with Gasteiger partial charge in [-0.3, -0.25) is 0 Å². The molecule has 23 heavy (non-hydrogen) atoms. The van der Waals surface area contributed by atoms with Crippen molar-refractivity contribution in [2.75, 3.05) is 19.6 Å². The van der Waals surface area contributed by atoms with E-state index >= 15 is 0 Å². The fourth-order valence-corrected chi connectivity index (χ4v) is 2.60. The van der Waals surface area contributed by atoms with Crippen LogP contribution < -0.4 is 5.32 Å². The maximum atomic E-state index is 12.0. The molecule has 6 heteroatoms. The Morgan fingerprint density at radius 3 is 2.78 bits per heavy atom. The van der Waals surface area contributed by atoms with E-state index in [1.165, 1.54) is 6.07 Å². The zero-order valence-corrected chi connectivity index (χ0v) is 14.0. The number of benzene rings is 1. The quantitative estimate of drug-likeness (QED) is 0.793. The Balaban J connectivity index is 1.74. The number of ether oxygens (including phenoxy) is 1. The Bertz CT molecular complexity index is 554. The summed E-state index contributed by atoms with van der Waals surface area (Å²) in [5.74, 6) is 0.510. The van der Waals surface area contributed by atoms with Crippen LogP contribution in [0.1, 0.15) is 32.8 Å². The number of phenols is 2. The first-order valence-electron chi connectivity index (χ1n) is 7.94. The van der Waals surface area contributed by atoms with Crippen LogP contribution in [0.4, 0.5) is 4.79 Å². The third-order valence-electron chi connectivity index (χ3n) is 3.75. The van der Waals surface area contributed by atoms with Crippen LogP contribution in [-0.2, 0) is 11.3 Å². The SMILES string of the molecule is CC(C)(C)OC(=O)N1CCC(CNCc2ccc(O)cc2O)C1. The van der Waals surface area contributed by atoms with Gasteiger partial charge in [0.25, 0.3) is 0 Å². The average Bonchev–Trinajstić information content (AvgIpc) is 2.88. The highest BCUT2D eigenvalue weighted by molar-refractivity contribution is 5.68. The molecular weight excluding hydrogens is 296 g/mol. The van der Waals surface area contributed by atoms with E-state index < -0.39 is 5.60 Å². The summed E-state index contributed by atoms with van der Waals surface area (Å²) in [5.41, 5.74) is 0.272. The predicted molar refractivity (Wildman–Crippen MR) is 87.4 cm³/mol. The summed E-state index contributed by atoms with van der Waals surface area (Å²) in [7, 11) is 0. The number of hydrogen-bond acceptors (Lipinski definition) is 5. The molecule has 1 unspecified atom stereocenters. The highest BCUT2D eigenvalue weighted by Gasteiger charge is 2.29. The lowest BCUT2D eigenvalue weighted by Gasteiger charge is -2.24. The molecule has 0 radical (unpaired) electrons. The molecule has 1 aromatic rings. The van der Waals surface area contributed by atoms with E-state index in [4.69, 9.17) is 4.74 Å². The van der Waals surface area contributed by atoms with Crippen LogP contribution in [0, 0.1) is 5.92 Å². The molecule has 128 valence electrons. The Morgan fingerprint density at radius 2 is 2.13 bits per heavy atom. The molecule has 0 saturated carbocycles. The Labute approximate surface area is 137 Å². The topological polar surface area (TPSA) is 82.0 Å². The largest absolute Gasteiger partial charge is 0.508 e. The minimum absolute atomic E-state index is 0.0510. The maximum absolute atomic E-state index is 12.0. The average molecular weight is 322 g/mol. The fraction of sp³-hybridized carbons (Fsp3) is 0.588. The van der Waals surface area contributed by atoms with Crippen LogP contribution in [-0.4, -0.2) is 46.4 Å². The van der Waals surface area contributed by atoms with Gasteiger partial charge in [-0.15, -0.1) is 0 Å². The van der Waals surface area contributed by atoms with E-state index in [2.05, 4.69) is 5.32 Å². The van der Waals surface area contributed by atoms with Crippen LogP contribution in [0.3, 0.4) is 0 Å². The molecule has 0 aromatic heterocycles. The molecule has 1 saturated heterocycles. The van der Waals surface area contributed by atoms with Crippen LogP contribution in [0.2, 0.25) is 0 Å². The standard InChI is InChI=1S/C17H26N2O4/c1-17(2,3)23-16(22)19-7-6-12(11-19)9-18-10-13-4-5-14(20)8-15(13)21/h4-5,8,12,18,20-21H,6-7,9-11H2,1-3H3. The number of likely N-dealkylation sites (tertiary alicyclic amines) is 1. The lowest BCUT2D eigenvalue weighted by atomic mass is 10.1. The maximum Gasteiger partial charge on any atom is 0.410 e. The zero-order chi connectivity index (χ0) is 17.0. The van der Waals surface area contributed by atoms with Crippen molar-refractivity contribution in [3.05, 3.63) is 23.8 Å². The Kier molecular flexibility index (Phi) is 5.36. The third kappa shape index (κ3) is 5.32. The number of nitrogens with zero attached hydrogens (tertiary/aromatic N) is 1. The number of carbonyl (C=O) groups is 1. The Hall–Kier alpha value is -1.95. The molecule has 1 aliphatic rings. The minimum Gasteiger partial charge on any atom is -0.508 e. The van der Waals surface area contributed by atoms with Gasteiger partial charge < -0.3 is 25.2 Å². The number of carbonyl (C=O) groups excluding carboxylic acids is 1. The molecule has 0 spiro atoms. The summed E-state index contributed by atoms with van der Waals surface area (Å²) in [6.07, 6.45) is 0.685. The van der Waals surface area contributed by atoms with Crippen molar-refractivity contribution in [2.45, 2.75) is 39.3 Å². The number of amides is 1. The van der Waals surface area contributed by atoms with Gasteiger partial charge in [0.2, 0.25) is 0 Å². The minimum atomic E-state index is -0.468. The zero-order valence-electron chi connectivity index (χ0n) is 14.0. The first kappa shape index (κ1) is 17.4. The number of phenolic OH excluding ortho intramolecular Hbond substituents is 2. The van der Waals surface area contributed by atoms with Gasteiger partial charge in [-0.05, 0) is 39.2 Å². The van der Waals surface area contributed by atoms with Crippen molar-refractivity contribution < 1.29 is 19.7 Å². The molecular formula is C17H26N2O4. The summed E-state index contributed by atoms with van der Waals surface area (Å²) in [4.78, 5) is 13.8. The van der Waals surface area contributed by atoms with Gasteiger partial charge in [-0.25, -0.2) is 4.79 Å². The number of rotatable bonds is 4. The van der Waals surface area contributed by atoms with Crippen LogP contribution in [0.15, 0.2) is 18.2 Å². The number of nitrogens with one attached hydrogen (secondary N) is 1. The molecule has 1 heterocycles. The number of hydrogen-bond donors (Lipinski definition) is 3. The van der Waals surface area contributed by atoms with E-state index in [1.54, 1.807) is 17.0 Å². The highest BCUT2D eigenvalue weighted by atomic mass is 16.6. The van der Waals surface area contributed by atoms with Gasteiger partial charge in [0.05, 0.1) is 0 Å². The van der Waals surface area contributed by atoms with Gasteiger partial charge >= 0.3 is 6.09 Å². The Morgan fingerprint density at radius 1 is 1.39 bits per heavy atom. The lowest BCUT2D eigenvalue weighted by Crippen LogP contribution is -2.36. The van der Waals surface area contributed by atoms with Crippen LogP contribution >= 0.6 is 0 Å². The summed E-state index contributed by atoms with van der Waals surface area (Å²) in [6, 6.07) is 4.58. The smallest absolute Gasteiger partial charge is 0.410 e. The van der Waals surface area contributed by atoms with E-state index in [-0.39, 0.29) is 17.6 Å². The van der Waals surface area contributed by atoms with E-state index in [0.717, 1.165) is 18.5 Å². The second-order valence-corrected chi connectivity index (χ2v) is 7.02. The van der Waals surface area contributed by atoms with Crippen molar-refractivity contribution in [1.29, 1.82) is 0 Å². The van der Waals surface area contributed by atoms with Crippen molar-refractivity contribution >= 4 is 6.09 Å². The lowest BCUT2D eigenvalue weighted by molar-refractivity contribution is 0.0288. The molecule has 0 bridgehead atoms. The second-order valence-electron chi connectivity index (χ2n) is 7.02. The van der Waals surface area contributed by atoms with Crippen molar-refractivity contribution in [2.24, 2.45) is 5.92 Å². The molecule has 6 nitrogen and oxygen atoms in total. The van der Waals surface area contributed by atoms with Gasteiger partial charge in [0.15, 0.2) is 0 Å². The molecule has 1 amide bonds. The molecule has 3 N–H and O–H groups in total. The van der Waals surface area contributed by atoms with E-state index in [1.807, 2.05) is 20.8 Å². The highest BCUT2D eigenvalue weighted by Crippen LogP contribution is 2.23. The molecule has 1 atom stereocenters. The summed E-state index contributed by atoms with van der Waals surface area (Å²) >= 11 is 0. The summed E-state index contributed by atoms with van der Waals surface area (Å²) < 4.78 is 5.38. The third-order valence-corrected chi connectivity index (χ3v) is 3.75. The summed E-state index contributed by atoms with van der Waals surface area (Å²) in [6.45, 7) is 8.28. The predicted octanol–water partition coefficient (Wildman–Crippen LogP) is 2.44. The monoisotopic (exact) mass is 322 g/mol. The van der Waals surface area contributed by atoms with E-state index in [0.29, 0.717) is 25.6 Å². The van der Waals surface area contributed by atoms with Gasteiger partial charge in [-0.2, -0.15) is 0 Å². The van der Waals surface area contributed by atoms with Crippen LogP contribution in [0.5, 0.6) is 11.5 Å². The van der Waals surface area contributed by atoms with Gasteiger partial charge in [0, 0.05) is 37.8 Å². The fourth-order valence-electron chi connectivity index (χ4n) is 2.60. The molecule has 1 fully saturated rings. The molecule has 0 aliphatic carbocycles. The molecule has 1 aromatic carbocycles. The number of aromatic hydroxyl groups is 2. The van der Waals surface area contributed by atoms with Gasteiger partial charge in [-0.1, -0.05) is 6.07 Å². The van der Waals surface area contributed by atoms with Crippen molar-refractivity contribution in [3.63, 3.8) is 0 Å². The molecule has 1 aliphatic heterocycles. The first-order chi connectivity index (χ1) is 10.7. The molecule has 2 rings (SSSR count). The van der Waals surface area contributed by atoms with Gasteiger partial charge in [0.1, 0.15) is 17.1 Å². The summed E-state index contributed by atoms with van der Waals surface area (Å²) in [5, 5.41) is 22.3.